The zero-order chi connectivity index (χ0) is 97.8. The van der Waals surface area contributed by atoms with Gasteiger partial charge in [-0.25, -0.2) is 13.2 Å². The fraction of sp³-hybridized carbons (Fsp3) is 0.467. The number of H-pyrrole nitrogens is 1. The number of aromatic amines is 1. The maximum Gasteiger partial charge on any atom is 0.305 e. The molecular weight excluding hydrogens is 1760 g/mol. The van der Waals surface area contributed by atoms with E-state index in [0.29, 0.717) is 69.9 Å². The first kappa shape index (κ1) is 105. The Morgan fingerprint density at radius 3 is 1.72 bits per heavy atom. The molecule has 0 spiro atoms. The van der Waals surface area contributed by atoms with Gasteiger partial charge in [0.15, 0.2) is 17.5 Å². The van der Waals surface area contributed by atoms with E-state index >= 15 is 32.8 Å². The Hall–Kier alpha value is -12.9. The summed E-state index contributed by atoms with van der Waals surface area (Å²) in [5.41, 5.74) is 19.9. The first-order valence-electron chi connectivity index (χ1n) is 43.2. The van der Waals surface area contributed by atoms with Gasteiger partial charge in [-0.1, -0.05) is 125 Å². The number of hydrogen-bond acceptors (Lipinski definition) is 24. The summed E-state index contributed by atoms with van der Waals surface area (Å²) in [6, 6.07) is 9.73. The Bertz CT molecular complexity index is 5080. The van der Waals surface area contributed by atoms with Gasteiger partial charge >= 0.3 is 11.9 Å². The zero-order valence-electron chi connectivity index (χ0n) is 74.2. The van der Waals surface area contributed by atoms with Crippen LogP contribution in [0.25, 0.3) is 10.9 Å². The molecule has 3 heterocycles. The van der Waals surface area contributed by atoms with E-state index < -0.39 is 285 Å². The van der Waals surface area contributed by atoms with Crippen LogP contribution in [0.2, 0.25) is 0 Å². The molecule has 16 atom stereocenters. The number of aromatic nitrogens is 1. The molecule has 39 nitrogen and oxygen atoms in total. The van der Waals surface area contributed by atoms with Gasteiger partial charge in [0.2, 0.25) is 76.8 Å². The number of aldehydes is 1. The molecule has 2 aliphatic heterocycles. The number of likely N-dealkylation sites (N-methyl/N-ethyl adjacent to an activating group) is 3. The second-order valence-electron chi connectivity index (χ2n) is 33.3. The van der Waals surface area contributed by atoms with E-state index in [1.807, 2.05) is 0 Å². The van der Waals surface area contributed by atoms with Crippen LogP contribution in [0.15, 0.2) is 128 Å². The molecule has 13 amide bonds. The molecule has 6 aromatic rings. The Morgan fingerprint density at radius 2 is 1.13 bits per heavy atom. The highest BCUT2D eigenvalue weighted by molar-refractivity contribution is 8.00. The van der Waals surface area contributed by atoms with Gasteiger partial charge in [0.05, 0.1) is 55.1 Å². The van der Waals surface area contributed by atoms with Crippen LogP contribution in [0, 0.1) is 23.4 Å². The molecular formula is C90H116F3N17O22S. The fourth-order valence-corrected chi connectivity index (χ4v) is 16.5. The van der Waals surface area contributed by atoms with E-state index in [2.05, 4.69) is 47.5 Å². The van der Waals surface area contributed by atoms with E-state index in [0.717, 1.165) is 31.5 Å². The van der Waals surface area contributed by atoms with Gasteiger partial charge in [-0.2, -0.15) is 0 Å². The van der Waals surface area contributed by atoms with Crippen molar-refractivity contribution >= 4 is 118 Å². The van der Waals surface area contributed by atoms with Crippen molar-refractivity contribution in [3.05, 3.63) is 173 Å². The number of phenols is 1. The SMILES string of the molecule is CCCC[C@@H](C(=O)N1C[C@H](O)C[C@@H]1C(=O)N[C@H](C=O)CC(=O)O)N(C)C(=O)[C@H](Cc1ccccc1)N(C)C(=O)[C@H](Cc1cc(F)c(F)c(F)c1)NC(=O)CSC[C@H](NC(=O)[C@H](CN)NC(=O)[C@H](Cc1ccc(O)cc1)NC(=O)[C@H](Cc1c[nH]c2ccccc12)NC(=O)[C@H]1C[C@@H](O)CN1C(O)[C@H](CCC(=O)O)NC(=O)[C@H](Cc1ccccc1)N(C)C(=O)[C@@H](N)C(C)C)C(=O)NCC(N)=O. The summed E-state index contributed by atoms with van der Waals surface area (Å²) in [5.74, 6) is -22.8. The number of carbonyl (C=O) groups excluding carboxylic acids is 14. The summed E-state index contributed by atoms with van der Waals surface area (Å²) in [4.78, 5) is 232. The Labute approximate surface area is 768 Å². The molecule has 0 bridgehead atoms. The predicted molar refractivity (Wildman–Crippen MR) is 477 cm³/mol. The van der Waals surface area contributed by atoms with Crippen LogP contribution < -0.4 is 59.7 Å². The zero-order valence-corrected chi connectivity index (χ0v) is 75.0. The predicted octanol–water partition coefficient (Wildman–Crippen LogP) is -1.60. The van der Waals surface area contributed by atoms with Crippen molar-refractivity contribution in [2.24, 2.45) is 23.1 Å². The number of nitrogens with one attached hydrogen (secondary N) is 9. The van der Waals surface area contributed by atoms with Crippen molar-refractivity contribution < 1.29 is 121 Å². The number of carbonyl (C=O) groups is 16. The van der Waals surface area contributed by atoms with Crippen molar-refractivity contribution in [3.63, 3.8) is 0 Å². The number of likely N-dealkylation sites (tertiary alicyclic amines) is 2. The van der Waals surface area contributed by atoms with Crippen LogP contribution in [0.4, 0.5) is 13.2 Å². The second-order valence-corrected chi connectivity index (χ2v) is 34.3. The number of para-hydroxylation sites is 1. The quantitative estimate of drug-likeness (QED) is 0.0151. The van der Waals surface area contributed by atoms with Gasteiger partial charge in [-0.3, -0.25) is 76.8 Å². The third-order valence-corrected chi connectivity index (χ3v) is 24.1. The monoisotopic (exact) mass is 1880 g/mol. The smallest absolute Gasteiger partial charge is 0.305 e. The molecule has 2 aliphatic rings. The average molecular weight is 1880 g/mol. The number of benzene rings is 5. The topological polar surface area (TPSA) is 601 Å². The summed E-state index contributed by atoms with van der Waals surface area (Å²) in [6.07, 6.45) is -6.70. The lowest BCUT2D eigenvalue weighted by atomic mass is 9.99. The number of rotatable bonds is 50. The number of β-amino-alcohol motifs (C(OH)–C–C–N with tert-alkyl or cyclic N) is 2. The first-order chi connectivity index (χ1) is 63.1. The molecule has 720 valence electrons. The Kier molecular flexibility index (Phi) is 39.7. The van der Waals surface area contributed by atoms with Crippen molar-refractivity contribution in [2.45, 2.75) is 201 Å². The van der Waals surface area contributed by atoms with Gasteiger partial charge in [0.1, 0.15) is 72.6 Å². The number of aliphatic hydroxyl groups is 3. The minimum Gasteiger partial charge on any atom is -0.508 e. The van der Waals surface area contributed by atoms with Crippen LogP contribution in [0.1, 0.15) is 100.0 Å². The number of aromatic hydroxyl groups is 1. The normalized spacial score (nSPS) is 17.6. The molecule has 43 heteroatoms. The molecule has 2 saturated heterocycles. The van der Waals surface area contributed by atoms with Gasteiger partial charge in [0, 0.05) is 109 Å². The molecule has 21 N–H and O–H groups in total. The number of halogens is 3. The maximum atomic E-state index is 15.3. The summed E-state index contributed by atoms with van der Waals surface area (Å²) in [5, 5.41) is 84.8. The lowest BCUT2D eigenvalue weighted by molar-refractivity contribution is -0.152. The number of primary amides is 1. The van der Waals surface area contributed by atoms with E-state index in [1.54, 1.807) is 112 Å². The second kappa shape index (κ2) is 50.1. The van der Waals surface area contributed by atoms with E-state index in [-0.39, 0.29) is 50.1 Å². The van der Waals surface area contributed by atoms with Gasteiger partial charge in [-0.15, -0.1) is 11.8 Å². The molecule has 0 radical (unpaired) electrons. The number of unbranched alkanes of at least 4 members (excludes halogenated alkanes) is 1. The Morgan fingerprint density at radius 1 is 0.586 bits per heavy atom. The van der Waals surface area contributed by atoms with Crippen molar-refractivity contribution in [3.8, 4) is 5.75 Å². The first-order valence-corrected chi connectivity index (χ1v) is 44.3. The number of thioether (sulfide) groups is 1. The highest BCUT2D eigenvalue weighted by atomic mass is 32.2. The van der Waals surface area contributed by atoms with Crippen molar-refractivity contribution in [1.29, 1.82) is 0 Å². The maximum absolute atomic E-state index is 15.3. The van der Waals surface area contributed by atoms with Crippen LogP contribution in [0.3, 0.4) is 0 Å². The molecule has 1 aromatic heterocycles. The minimum atomic E-state index is -1.94. The summed E-state index contributed by atoms with van der Waals surface area (Å²) in [7, 11) is 3.78. The van der Waals surface area contributed by atoms with Crippen LogP contribution in [-0.4, -0.2) is 311 Å². The number of nitrogens with two attached hydrogens (primary N) is 3. The number of aliphatic hydroxyl groups excluding tert-OH is 3. The molecule has 0 aliphatic carbocycles. The minimum absolute atomic E-state index is 0.0575. The lowest BCUT2D eigenvalue weighted by Gasteiger charge is -2.37. The van der Waals surface area contributed by atoms with Gasteiger partial charge in [0.25, 0.3) is 0 Å². The summed E-state index contributed by atoms with van der Waals surface area (Å²) < 4.78 is 44.7. The number of carboxylic acid groups (broad SMARTS) is 2. The van der Waals surface area contributed by atoms with Crippen molar-refractivity contribution in [1.82, 2.24) is 72.0 Å². The van der Waals surface area contributed by atoms with Crippen molar-refractivity contribution in [2.75, 3.05) is 58.8 Å². The molecule has 8 rings (SSSR count). The molecule has 1 unspecified atom stereocenters. The molecule has 133 heavy (non-hydrogen) atoms. The van der Waals surface area contributed by atoms with E-state index in [9.17, 15) is 87.8 Å². The van der Waals surface area contributed by atoms with Crippen LogP contribution in [0.5, 0.6) is 5.75 Å². The number of carboxylic acids is 2. The third kappa shape index (κ3) is 30.0. The highest BCUT2D eigenvalue weighted by Crippen LogP contribution is 2.29. The number of nitrogens with zero attached hydrogens (tertiary/aromatic N) is 5. The number of aliphatic carboxylic acids is 2. The highest BCUT2D eigenvalue weighted by Gasteiger charge is 2.48. The summed E-state index contributed by atoms with van der Waals surface area (Å²) in [6.45, 7) is 2.77. The van der Waals surface area contributed by atoms with E-state index in [1.165, 1.54) is 38.4 Å². The van der Waals surface area contributed by atoms with Crippen LogP contribution in [-0.2, 0) is 109 Å². The number of fused-ring (bicyclic) bond motifs is 1. The standard InChI is InChI=1S/C90H116F3N17O22S/c1-7-8-23-68(89(131)110-44-57(114)38-70(110)84(126)99-54(45-111)37-76(119)120)106(4)88(130)72(35-50-19-13-10-14-20-50)108(6)86(128)65(33-52-30-59(91)77(93)60(92)31-52)100-74(116)47-133-46-67(79(121)98-42-73(95)115)105-82(124)66(40-94)104-80(122)63(32-51-24-26-55(112)27-25-51)102-81(123)64(36-53-41-97-61-22-16-15-21-58(53)61)103-85(127)71-39-56(113)43-109(71)87(129)62(28-29-75(117)118)101-83(125)69(34-49-17-11-9-12-18-49)107(5)90(132)78(96)48(2)3/h9-22,24-27,30-31,41,45,48,54,56-57,62-72,78,87,97,112-114,129H,7-8,23,28-29,32-40,42-44,46-47,94,96H2,1-6H3,(H2,95,115)(H,98,121)(H,99,126)(H,100,116)(H,101,125)(H,102,123)(H,103,127)(H,104,122)(H,105,124)(H,117,118)(H,119,120)/t54-,56+,57+,62-,63-,64-,65-,66-,67-,68-,69-,70+,71+,72-,78-,87?/m0/s1. The Balaban J connectivity index is 1.03. The number of amides is 13. The fourth-order valence-electron chi connectivity index (χ4n) is 15.7. The third-order valence-electron chi connectivity index (χ3n) is 23.1. The largest absolute Gasteiger partial charge is 0.508 e. The van der Waals surface area contributed by atoms with Crippen LogP contribution >= 0.6 is 11.8 Å². The van der Waals surface area contributed by atoms with Gasteiger partial charge in [-0.05, 0) is 83.3 Å². The molecule has 2 fully saturated rings. The average Bonchev–Trinajstić information content (AvgIpc) is 0.976. The molecule has 5 aromatic carbocycles. The van der Waals surface area contributed by atoms with E-state index in [4.69, 9.17) is 17.2 Å². The van der Waals surface area contributed by atoms with Gasteiger partial charge < -0.3 is 120 Å². The lowest BCUT2D eigenvalue weighted by Crippen LogP contribution is -2.62. The summed E-state index contributed by atoms with van der Waals surface area (Å²) >= 11 is 0.605. The molecule has 0 saturated carbocycles. The number of hydrogen-bond donors (Lipinski definition) is 18. The number of phenolic OH excluding ortho intramolecular Hbond substituents is 1.